The summed E-state index contributed by atoms with van der Waals surface area (Å²) in [6.45, 7) is 4.35. The molecule has 2 aromatic carbocycles. The molecule has 0 saturated heterocycles. The number of rotatable bonds is 12. The molecule has 2 rings (SSSR count). The van der Waals surface area contributed by atoms with E-state index in [1.54, 1.807) is 24.3 Å². The van der Waals surface area contributed by atoms with Gasteiger partial charge in [0.05, 0.1) is 33.0 Å². The Labute approximate surface area is 238 Å². The van der Waals surface area contributed by atoms with Gasteiger partial charge in [-0.15, -0.1) is 0 Å². The van der Waals surface area contributed by atoms with Crippen LogP contribution in [0.4, 0.5) is 5.69 Å². The van der Waals surface area contributed by atoms with Gasteiger partial charge in [-0.1, -0.05) is 23.2 Å². The van der Waals surface area contributed by atoms with E-state index in [1.807, 2.05) is 36.4 Å². The Kier molecular flexibility index (Phi) is 12.9. The highest BCUT2D eigenvalue weighted by Gasteiger charge is 2.15. The Bertz CT molecular complexity index is 1150. The van der Waals surface area contributed by atoms with Crippen molar-refractivity contribution < 1.29 is 28.6 Å². The van der Waals surface area contributed by atoms with Crippen molar-refractivity contribution in [2.24, 2.45) is 5.10 Å². The number of amides is 3. The van der Waals surface area contributed by atoms with Crippen LogP contribution in [-0.2, 0) is 19.1 Å². The number of halogens is 3. The third kappa shape index (κ3) is 10.7. The highest BCUT2D eigenvalue weighted by Crippen LogP contribution is 2.33. The first-order chi connectivity index (χ1) is 17.6. The van der Waals surface area contributed by atoms with Gasteiger partial charge in [-0.25, -0.2) is 5.43 Å². The summed E-state index contributed by atoms with van der Waals surface area (Å²) < 4.78 is 17.0. The fraction of sp³-hybridized carbons (Fsp3) is 0.333. The van der Waals surface area contributed by atoms with Gasteiger partial charge in [0, 0.05) is 18.8 Å². The molecule has 0 atom stereocenters. The lowest BCUT2D eigenvalue weighted by Crippen LogP contribution is -2.38. The van der Waals surface area contributed by atoms with Crippen LogP contribution in [0.25, 0.3) is 0 Å². The molecule has 0 aliphatic heterocycles. The monoisotopic (exact) mass is 664 g/mol. The molecular formula is C24H27Cl2IN4O6. The van der Waals surface area contributed by atoms with E-state index in [0.717, 1.165) is 0 Å². The minimum Gasteiger partial charge on any atom is -0.493 e. The first-order valence-corrected chi connectivity index (χ1v) is 12.9. The van der Waals surface area contributed by atoms with Crippen LogP contribution in [0.5, 0.6) is 11.5 Å². The fourth-order valence-electron chi connectivity index (χ4n) is 2.75. The van der Waals surface area contributed by atoms with Crippen molar-refractivity contribution in [2.75, 3.05) is 32.2 Å². The van der Waals surface area contributed by atoms with Crippen LogP contribution < -0.4 is 25.5 Å². The van der Waals surface area contributed by atoms with Gasteiger partial charge in [-0.2, -0.15) is 5.10 Å². The van der Waals surface area contributed by atoms with Gasteiger partial charge in [-0.05, 0) is 78.8 Å². The molecule has 0 aliphatic rings. The molecule has 0 heterocycles. The highest BCUT2D eigenvalue weighted by molar-refractivity contribution is 14.1. The van der Waals surface area contributed by atoms with E-state index in [1.165, 1.54) is 19.4 Å². The van der Waals surface area contributed by atoms with Gasteiger partial charge < -0.3 is 24.8 Å². The number of nitrogens with zero attached hydrogens (tertiary/aromatic N) is 1. The standard InChI is InChI=1S/C24H27Cl2IN4O6/c1-14(2)36-8-4-7-28-23(33)24(34)31-29-12-15-9-19(27)22(20(10-15)35-3)37-13-21(32)30-16-5-6-17(25)18(26)11-16/h5-6,9-12,14H,4,7-8,13H2,1-3H3,(H,28,33)(H,30,32)(H,31,34)/b29-12-. The lowest BCUT2D eigenvalue weighted by atomic mass is 10.2. The summed E-state index contributed by atoms with van der Waals surface area (Å²) in [6, 6.07) is 8.05. The molecule has 0 unspecified atom stereocenters. The topological polar surface area (TPSA) is 127 Å². The maximum atomic E-state index is 12.3. The van der Waals surface area contributed by atoms with Crippen molar-refractivity contribution in [1.82, 2.24) is 10.7 Å². The molecule has 3 N–H and O–H groups in total. The number of hydrogen-bond donors (Lipinski definition) is 3. The second-order valence-electron chi connectivity index (χ2n) is 7.73. The maximum Gasteiger partial charge on any atom is 0.329 e. The smallest absolute Gasteiger partial charge is 0.329 e. The van der Waals surface area contributed by atoms with Crippen molar-refractivity contribution in [3.05, 3.63) is 49.5 Å². The number of benzene rings is 2. The van der Waals surface area contributed by atoms with Crippen molar-refractivity contribution >= 4 is 75.4 Å². The molecule has 0 aromatic heterocycles. The lowest BCUT2D eigenvalue weighted by Gasteiger charge is -2.13. The summed E-state index contributed by atoms with van der Waals surface area (Å²) in [4.78, 5) is 36.0. The molecule has 0 aliphatic carbocycles. The van der Waals surface area contributed by atoms with Gasteiger partial charge >= 0.3 is 11.8 Å². The van der Waals surface area contributed by atoms with Gasteiger partial charge in [-0.3, -0.25) is 14.4 Å². The molecule has 2 aromatic rings. The fourth-order valence-corrected chi connectivity index (χ4v) is 3.83. The van der Waals surface area contributed by atoms with Crippen molar-refractivity contribution in [3.63, 3.8) is 0 Å². The number of nitrogens with one attached hydrogen (secondary N) is 3. The van der Waals surface area contributed by atoms with E-state index in [2.05, 4.69) is 21.2 Å². The minimum absolute atomic E-state index is 0.107. The number of hydrogen-bond acceptors (Lipinski definition) is 7. The van der Waals surface area contributed by atoms with E-state index in [0.29, 0.717) is 55.9 Å². The summed E-state index contributed by atoms with van der Waals surface area (Å²) >= 11 is 13.9. The van der Waals surface area contributed by atoms with Gasteiger partial charge in [0.25, 0.3) is 5.91 Å². The first kappa shape index (κ1) is 30.6. The Morgan fingerprint density at radius 2 is 1.86 bits per heavy atom. The lowest BCUT2D eigenvalue weighted by molar-refractivity contribution is -0.139. The van der Waals surface area contributed by atoms with Crippen LogP contribution in [0.15, 0.2) is 35.4 Å². The van der Waals surface area contributed by atoms with Crippen molar-refractivity contribution in [1.29, 1.82) is 0 Å². The van der Waals surface area contributed by atoms with Gasteiger partial charge in [0.15, 0.2) is 18.1 Å². The van der Waals surface area contributed by atoms with Crippen LogP contribution in [0.3, 0.4) is 0 Å². The number of carbonyl (C=O) groups excluding carboxylic acids is 3. The molecule has 200 valence electrons. The average molecular weight is 665 g/mol. The minimum atomic E-state index is -0.893. The molecule has 10 nitrogen and oxygen atoms in total. The summed E-state index contributed by atoms with van der Waals surface area (Å²) in [7, 11) is 1.45. The second-order valence-corrected chi connectivity index (χ2v) is 9.70. The molecule has 3 amide bonds. The van der Waals surface area contributed by atoms with E-state index in [4.69, 9.17) is 37.4 Å². The number of anilines is 1. The molecule has 13 heteroatoms. The number of hydrazone groups is 1. The predicted molar refractivity (Wildman–Crippen MR) is 151 cm³/mol. The molecular weight excluding hydrogens is 638 g/mol. The normalized spacial score (nSPS) is 10.9. The molecule has 0 radical (unpaired) electrons. The van der Waals surface area contributed by atoms with E-state index >= 15 is 0 Å². The number of methoxy groups -OCH3 is 1. The summed E-state index contributed by atoms with van der Waals surface area (Å²) in [5.41, 5.74) is 3.22. The van der Waals surface area contributed by atoms with Crippen molar-refractivity contribution in [3.8, 4) is 11.5 Å². The summed E-state index contributed by atoms with van der Waals surface area (Å²) in [5, 5.41) is 9.68. The zero-order chi connectivity index (χ0) is 27.4. The Balaban J connectivity index is 1.89. The highest BCUT2D eigenvalue weighted by atomic mass is 127. The Morgan fingerprint density at radius 3 is 2.54 bits per heavy atom. The van der Waals surface area contributed by atoms with Crippen LogP contribution in [-0.4, -0.2) is 56.9 Å². The molecule has 0 saturated carbocycles. The van der Waals surface area contributed by atoms with E-state index in [9.17, 15) is 14.4 Å². The molecule has 37 heavy (non-hydrogen) atoms. The number of carbonyl (C=O) groups is 3. The average Bonchev–Trinajstić information content (AvgIpc) is 2.84. The Morgan fingerprint density at radius 1 is 1.11 bits per heavy atom. The second kappa shape index (κ2) is 15.6. The zero-order valence-corrected chi connectivity index (χ0v) is 24.1. The SMILES string of the molecule is COc1cc(/C=N\NC(=O)C(=O)NCCCOC(C)C)cc(I)c1OCC(=O)Nc1ccc(Cl)c(Cl)c1. The van der Waals surface area contributed by atoms with Gasteiger partial charge in [0.2, 0.25) is 0 Å². The largest absolute Gasteiger partial charge is 0.493 e. The molecule has 0 spiro atoms. The Hall–Kier alpha value is -2.61. The van der Waals surface area contributed by atoms with E-state index < -0.39 is 17.7 Å². The van der Waals surface area contributed by atoms with E-state index in [-0.39, 0.29) is 12.7 Å². The van der Waals surface area contributed by atoms with Crippen LogP contribution in [0.2, 0.25) is 10.0 Å². The molecule has 0 fully saturated rings. The third-order valence-corrected chi connectivity index (χ3v) is 5.99. The van der Waals surface area contributed by atoms with Gasteiger partial charge in [0.1, 0.15) is 0 Å². The molecule has 0 bridgehead atoms. The summed E-state index contributed by atoms with van der Waals surface area (Å²) in [6.07, 6.45) is 2.05. The van der Waals surface area contributed by atoms with Crippen LogP contribution in [0.1, 0.15) is 25.8 Å². The first-order valence-electron chi connectivity index (χ1n) is 11.1. The third-order valence-electron chi connectivity index (χ3n) is 4.45. The zero-order valence-electron chi connectivity index (χ0n) is 20.4. The quantitative estimate of drug-likeness (QED) is 0.104. The predicted octanol–water partition coefficient (Wildman–Crippen LogP) is 4.01. The number of ether oxygens (including phenoxy) is 3. The maximum absolute atomic E-state index is 12.3. The van der Waals surface area contributed by atoms with Crippen LogP contribution >= 0.6 is 45.8 Å². The van der Waals surface area contributed by atoms with Crippen LogP contribution in [0, 0.1) is 3.57 Å². The summed E-state index contributed by atoms with van der Waals surface area (Å²) in [5.74, 6) is -1.39. The van der Waals surface area contributed by atoms with Crippen molar-refractivity contribution in [2.45, 2.75) is 26.4 Å².